The second kappa shape index (κ2) is 16.5. The van der Waals surface area contributed by atoms with Crippen molar-refractivity contribution in [3.63, 3.8) is 0 Å². The van der Waals surface area contributed by atoms with Crippen LogP contribution in [0, 0.1) is 5.41 Å². The number of benzene rings is 2. The number of hydrogen-bond acceptors (Lipinski definition) is 5. The van der Waals surface area contributed by atoms with E-state index in [1.807, 2.05) is 20.8 Å². The number of halogens is 6. The lowest BCUT2D eigenvalue weighted by molar-refractivity contribution is -0.142. The molecular weight excluding hydrogens is 574 g/mol. The molecule has 6 nitrogen and oxygen atoms in total. The van der Waals surface area contributed by atoms with Crippen molar-refractivity contribution >= 4 is 25.0 Å². The fourth-order valence-electron chi connectivity index (χ4n) is 3.53. The first kappa shape index (κ1) is 36.1. The molecule has 1 saturated heterocycles. The largest absolute Gasteiger partial charge is 0.493 e. The quantitative estimate of drug-likeness (QED) is 0.116. The molecule has 0 saturated carbocycles. The highest BCUT2D eigenvalue weighted by Crippen LogP contribution is 2.40. The normalized spacial score (nSPS) is 14.1. The Labute approximate surface area is 241 Å². The summed E-state index contributed by atoms with van der Waals surface area (Å²) in [4.78, 5) is 21.0. The van der Waals surface area contributed by atoms with E-state index in [4.69, 9.17) is 9.84 Å². The van der Waals surface area contributed by atoms with E-state index < -0.39 is 35.2 Å². The Bertz CT molecular complexity index is 1080. The van der Waals surface area contributed by atoms with Crippen LogP contribution >= 0.6 is 12.6 Å². The zero-order valence-corrected chi connectivity index (χ0v) is 23.9. The molecule has 1 aliphatic heterocycles. The summed E-state index contributed by atoms with van der Waals surface area (Å²) in [5.74, 6) is -1.69. The molecule has 0 aliphatic carbocycles. The maximum atomic E-state index is 12.8. The van der Waals surface area contributed by atoms with Crippen LogP contribution in [0.15, 0.2) is 47.4 Å². The minimum atomic E-state index is -4.76. The second-order valence-corrected chi connectivity index (χ2v) is 10.9. The summed E-state index contributed by atoms with van der Waals surface area (Å²) in [5.41, 5.74) is -2.09. The predicted molar refractivity (Wildman–Crippen MR) is 146 cm³/mol. The number of nitrogens with one attached hydrogen (secondary N) is 2. The number of amides is 1. The molecule has 3 N–H and O–H groups in total. The first-order valence-electron chi connectivity index (χ1n) is 12.8. The smallest absolute Gasteiger partial charge is 0.419 e. The van der Waals surface area contributed by atoms with E-state index in [0.29, 0.717) is 37.1 Å². The van der Waals surface area contributed by atoms with E-state index in [9.17, 15) is 35.9 Å². The van der Waals surface area contributed by atoms with Crippen LogP contribution in [0.25, 0.3) is 0 Å². The molecular formula is C28H36F6N2O4S. The van der Waals surface area contributed by atoms with Crippen molar-refractivity contribution in [2.24, 2.45) is 5.41 Å². The number of carbonyl (C=O) groups excluding carboxylic acids is 1. The van der Waals surface area contributed by atoms with E-state index in [2.05, 4.69) is 23.3 Å². The zero-order valence-electron chi connectivity index (χ0n) is 23.0. The number of rotatable bonds is 7. The third-order valence-electron chi connectivity index (χ3n) is 5.70. The van der Waals surface area contributed by atoms with Crippen molar-refractivity contribution in [2.45, 2.75) is 69.7 Å². The highest BCUT2D eigenvalue weighted by molar-refractivity contribution is 7.80. The highest BCUT2D eigenvalue weighted by Gasteiger charge is 2.37. The number of thiol groups is 1. The number of carbonyl (C=O) groups is 2. The average molecular weight is 611 g/mol. The Hall–Kier alpha value is -2.93. The highest BCUT2D eigenvalue weighted by atomic mass is 32.1. The Morgan fingerprint density at radius 1 is 1.02 bits per heavy atom. The lowest BCUT2D eigenvalue weighted by Gasteiger charge is -2.21. The number of aromatic carboxylic acids is 1. The predicted octanol–water partition coefficient (Wildman–Crippen LogP) is 7.09. The molecule has 0 spiro atoms. The minimum absolute atomic E-state index is 0.0238. The Morgan fingerprint density at radius 3 is 2.07 bits per heavy atom. The number of carboxylic acids is 1. The van der Waals surface area contributed by atoms with Gasteiger partial charge in [-0.1, -0.05) is 20.8 Å². The molecule has 0 unspecified atom stereocenters. The molecule has 1 amide bonds. The van der Waals surface area contributed by atoms with Crippen LogP contribution in [0.4, 0.5) is 26.3 Å². The monoisotopic (exact) mass is 610 g/mol. The van der Waals surface area contributed by atoms with Gasteiger partial charge < -0.3 is 20.5 Å². The molecule has 1 heterocycles. The third-order valence-corrected chi connectivity index (χ3v) is 6.00. The second-order valence-electron chi connectivity index (χ2n) is 10.4. The summed E-state index contributed by atoms with van der Waals surface area (Å²) in [7, 11) is 0. The average Bonchev–Trinajstić information content (AvgIpc) is 2.87. The van der Waals surface area contributed by atoms with Crippen molar-refractivity contribution in [3.05, 3.63) is 59.2 Å². The molecule has 0 radical (unpaired) electrons. The van der Waals surface area contributed by atoms with Gasteiger partial charge in [0, 0.05) is 10.9 Å². The van der Waals surface area contributed by atoms with E-state index in [0.717, 1.165) is 37.2 Å². The standard InChI is InChI=1S/C15H18F6O.C7H6O2S.C6H12N2O/c1-13(2,3)7-4-8-22-12-9-10(14(16,17)18)5-6-11(12)15(19,20)21;8-7(9)5-1-3-6(10)4-2-5;9-5-8-6-1-3-7-4-2-6/h5-6,9H,4,7-8H2,1-3H3;1-4,10H,(H,8,9);5-7H,1-4H2,(H,8,9). The van der Waals surface area contributed by atoms with Crippen LogP contribution in [0.3, 0.4) is 0 Å². The van der Waals surface area contributed by atoms with Gasteiger partial charge in [0.05, 0.1) is 23.3 Å². The molecule has 41 heavy (non-hydrogen) atoms. The van der Waals surface area contributed by atoms with E-state index in [1.165, 1.54) is 12.1 Å². The summed E-state index contributed by atoms with van der Waals surface area (Å²) in [5, 5.41) is 14.4. The number of alkyl halides is 6. The Balaban J connectivity index is 0.000000361. The zero-order chi connectivity index (χ0) is 31.3. The van der Waals surface area contributed by atoms with Gasteiger partial charge >= 0.3 is 18.3 Å². The molecule has 230 valence electrons. The number of hydrogen-bond donors (Lipinski definition) is 4. The van der Waals surface area contributed by atoms with Gasteiger partial charge in [-0.25, -0.2) is 4.79 Å². The molecule has 13 heteroatoms. The molecule has 0 atom stereocenters. The molecule has 0 bridgehead atoms. The number of ether oxygens (including phenoxy) is 1. The van der Waals surface area contributed by atoms with Crippen molar-refractivity contribution in [1.29, 1.82) is 0 Å². The Morgan fingerprint density at radius 2 is 1.61 bits per heavy atom. The van der Waals surface area contributed by atoms with Crippen molar-refractivity contribution < 1.29 is 45.8 Å². The fourth-order valence-corrected chi connectivity index (χ4v) is 3.67. The van der Waals surface area contributed by atoms with Crippen molar-refractivity contribution in [3.8, 4) is 5.75 Å². The van der Waals surface area contributed by atoms with Gasteiger partial charge in [0.15, 0.2) is 0 Å². The van der Waals surface area contributed by atoms with Crippen LogP contribution in [0.2, 0.25) is 0 Å². The van der Waals surface area contributed by atoms with E-state index >= 15 is 0 Å². The molecule has 1 fully saturated rings. The maximum absolute atomic E-state index is 12.8. The summed E-state index contributed by atoms with van der Waals surface area (Å²) in [6, 6.07) is 7.96. The van der Waals surface area contributed by atoms with Crippen LogP contribution in [-0.2, 0) is 17.1 Å². The minimum Gasteiger partial charge on any atom is -0.493 e. The fraction of sp³-hybridized carbons (Fsp3) is 0.500. The first-order chi connectivity index (χ1) is 18.9. The summed E-state index contributed by atoms with van der Waals surface area (Å²) in [6.07, 6.45) is -5.41. The summed E-state index contributed by atoms with van der Waals surface area (Å²) in [6.45, 7) is 7.87. The van der Waals surface area contributed by atoms with Crippen LogP contribution in [0.1, 0.15) is 67.9 Å². The molecule has 0 aromatic heterocycles. The van der Waals surface area contributed by atoms with Crippen LogP contribution in [-0.4, -0.2) is 43.2 Å². The Kier molecular flexibility index (Phi) is 14.5. The third kappa shape index (κ3) is 15.0. The molecule has 3 rings (SSSR count). The lowest BCUT2D eigenvalue weighted by Crippen LogP contribution is -2.39. The van der Waals surface area contributed by atoms with Crippen molar-refractivity contribution in [2.75, 3.05) is 19.7 Å². The first-order valence-corrected chi connectivity index (χ1v) is 13.2. The maximum Gasteiger partial charge on any atom is 0.419 e. The van der Waals surface area contributed by atoms with E-state index in [-0.39, 0.29) is 17.6 Å². The number of carboxylic acid groups (broad SMARTS) is 1. The lowest BCUT2D eigenvalue weighted by atomic mass is 9.91. The summed E-state index contributed by atoms with van der Waals surface area (Å²) >= 11 is 4.01. The van der Waals surface area contributed by atoms with Gasteiger partial charge in [-0.05, 0) is 86.7 Å². The van der Waals surface area contributed by atoms with Crippen molar-refractivity contribution in [1.82, 2.24) is 10.6 Å². The number of piperidine rings is 1. The van der Waals surface area contributed by atoms with Gasteiger partial charge in [-0.2, -0.15) is 26.3 Å². The molecule has 1 aliphatic rings. The molecule has 2 aromatic rings. The van der Waals surface area contributed by atoms with Crippen LogP contribution < -0.4 is 15.4 Å². The molecule has 2 aromatic carbocycles. The SMILES string of the molecule is CC(C)(C)CCCOc1cc(C(F)(F)F)ccc1C(F)(F)F.O=C(O)c1ccc(S)cc1.O=CNC1CCNCC1. The van der Waals surface area contributed by atoms with Gasteiger partial charge in [0.2, 0.25) is 6.41 Å². The van der Waals surface area contributed by atoms with Gasteiger partial charge in [0.25, 0.3) is 0 Å². The topological polar surface area (TPSA) is 87.7 Å². The van der Waals surface area contributed by atoms with Gasteiger partial charge in [0.1, 0.15) is 5.75 Å². The van der Waals surface area contributed by atoms with Gasteiger partial charge in [-0.15, -0.1) is 12.6 Å². The van der Waals surface area contributed by atoms with Crippen LogP contribution in [0.5, 0.6) is 5.75 Å². The van der Waals surface area contributed by atoms with Gasteiger partial charge in [-0.3, -0.25) is 4.79 Å². The van der Waals surface area contributed by atoms with E-state index in [1.54, 1.807) is 12.1 Å². The summed E-state index contributed by atoms with van der Waals surface area (Å²) < 4.78 is 81.2.